The van der Waals surface area contributed by atoms with E-state index in [4.69, 9.17) is 9.15 Å². The SMILES string of the molecule is CCC(=O)N(CC(=O)N(Cc1ccco1)CC1CCCO1)C(C)C. The lowest BCUT2D eigenvalue weighted by Gasteiger charge is -2.30. The molecule has 1 aliphatic heterocycles. The third kappa shape index (κ3) is 5.09. The highest BCUT2D eigenvalue weighted by atomic mass is 16.5. The largest absolute Gasteiger partial charge is 0.467 e. The van der Waals surface area contributed by atoms with Crippen molar-refractivity contribution >= 4 is 11.8 Å². The topological polar surface area (TPSA) is 63.0 Å². The summed E-state index contributed by atoms with van der Waals surface area (Å²) in [6.45, 7) is 7.45. The zero-order valence-electron chi connectivity index (χ0n) is 14.9. The van der Waals surface area contributed by atoms with Crippen LogP contribution in [-0.2, 0) is 20.9 Å². The van der Waals surface area contributed by atoms with Gasteiger partial charge in [0.05, 0.1) is 25.5 Å². The molecule has 1 fully saturated rings. The Hall–Kier alpha value is -1.82. The zero-order chi connectivity index (χ0) is 17.5. The van der Waals surface area contributed by atoms with Crippen molar-refractivity contribution in [1.29, 1.82) is 0 Å². The van der Waals surface area contributed by atoms with Crippen LogP contribution < -0.4 is 0 Å². The fraction of sp³-hybridized carbons (Fsp3) is 0.667. The highest BCUT2D eigenvalue weighted by Gasteiger charge is 2.26. The molecule has 2 heterocycles. The maximum absolute atomic E-state index is 12.8. The summed E-state index contributed by atoms with van der Waals surface area (Å²) in [5, 5.41) is 0. The number of carbonyl (C=O) groups excluding carboxylic acids is 2. The van der Waals surface area contributed by atoms with Crippen molar-refractivity contribution in [3.63, 3.8) is 0 Å². The Balaban J connectivity index is 2.05. The molecule has 0 radical (unpaired) electrons. The minimum atomic E-state index is -0.0719. The van der Waals surface area contributed by atoms with E-state index in [1.54, 1.807) is 16.1 Å². The number of ether oxygens (including phenoxy) is 1. The third-order valence-corrected chi connectivity index (χ3v) is 4.28. The lowest BCUT2D eigenvalue weighted by Crippen LogP contribution is -2.47. The standard InChI is InChI=1S/C18H28N2O4/c1-4-17(21)20(14(2)3)13-18(22)19(11-15-7-5-9-23-15)12-16-8-6-10-24-16/h5,7,9,14,16H,4,6,8,10-13H2,1-3H3. The van der Waals surface area contributed by atoms with E-state index in [-0.39, 0.29) is 30.5 Å². The van der Waals surface area contributed by atoms with E-state index in [1.807, 2.05) is 32.9 Å². The van der Waals surface area contributed by atoms with Gasteiger partial charge in [0.1, 0.15) is 5.76 Å². The second-order valence-electron chi connectivity index (χ2n) is 6.46. The van der Waals surface area contributed by atoms with Crippen molar-refractivity contribution in [2.45, 2.75) is 58.7 Å². The number of furan rings is 1. The second kappa shape index (κ2) is 8.87. The van der Waals surface area contributed by atoms with Crippen molar-refractivity contribution in [3.05, 3.63) is 24.2 Å². The molecule has 0 spiro atoms. The molecule has 1 saturated heterocycles. The molecule has 1 aromatic rings. The first kappa shape index (κ1) is 18.5. The van der Waals surface area contributed by atoms with Gasteiger partial charge in [0.25, 0.3) is 0 Å². The van der Waals surface area contributed by atoms with Crippen LogP contribution in [0.15, 0.2) is 22.8 Å². The summed E-state index contributed by atoms with van der Waals surface area (Å²) in [6, 6.07) is 3.66. The van der Waals surface area contributed by atoms with Crippen LogP contribution in [0, 0.1) is 0 Å². The molecular weight excluding hydrogens is 308 g/mol. The Labute approximate surface area is 143 Å². The molecule has 1 aromatic heterocycles. The predicted octanol–water partition coefficient (Wildman–Crippen LogP) is 2.43. The lowest BCUT2D eigenvalue weighted by molar-refractivity contribution is -0.143. The molecular formula is C18H28N2O4. The Kier molecular flexibility index (Phi) is 6.85. The normalized spacial score (nSPS) is 17.2. The molecule has 0 N–H and O–H groups in total. The molecule has 0 aromatic carbocycles. The Bertz CT molecular complexity index is 521. The molecule has 6 heteroatoms. The smallest absolute Gasteiger partial charge is 0.242 e. The quantitative estimate of drug-likeness (QED) is 0.731. The van der Waals surface area contributed by atoms with Gasteiger partial charge >= 0.3 is 0 Å². The third-order valence-electron chi connectivity index (χ3n) is 4.28. The van der Waals surface area contributed by atoms with Gasteiger partial charge < -0.3 is 19.0 Å². The summed E-state index contributed by atoms with van der Waals surface area (Å²) in [4.78, 5) is 28.3. The number of rotatable bonds is 8. The van der Waals surface area contributed by atoms with E-state index >= 15 is 0 Å². The van der Waals surface area contributed by atoms with Gasteiger partial charge in [-0.05, 0) is 38.8 Å². The minimum absolute atomic E-state index is 0.00501. The van der Waals surface area contributed by atoms with Gasteiger partial charge in [-0.15, -0.1) is 0 Å². The first-order valence-corrected chi connectivity index (χ1v) is 8.72. The van der Waals surface area contributed by atoms with Gasteiger partial charge in [-0.3, -0.25) is 9.59 Å². The number of carbonyl (C=O) groups is 2. The van der Waals surface area contributed by atoms with E-state index in [9.17, 15) is 9.59 Å². The van der Waals surface area contributed by atoms with Gasteiger partial charge in [0, 0.05) is 25.6 Å². The van der Waals surface area contributed by atoms with Crippen molar-refractivity contribution < 1.29 is 18.7 Å². The van der Waals surface area contributed by atoms with Crippen LogP contribution in [-0.4, -0.2) is 53.5 Å². The molecule has 0 bridgehead atoms. The molecule has 1 unspecified atom stereocenters. The molecule has 1 aliphatic rings. The van der Waals surface area contributed by atoms with Crippen molar-refractivity contribution in [3.8, 4) is 0 Å². The summed E-state index contributed by atoms with van der Waals surface area (Å²) in [5.41, 5.74) is 0. The van der Waals surface area contributed by atoms with Crippen LogP contribution in [0.4, 0.5) is 0 Å². The van der Waals surface area contributed by atoms with Crippen molar-refractivity contribution in [1.82, 2.24) is 9.80 Å². The zero-order valence-corrected chi connectivity index (χ0v) is 14.9. The van der Waals surface area contributed by atoms with Crippen LogP contribution in [0.2, 0.25) is 0 Å². The average molecular weight is 336 g/mol. The predicted molar refractivity (Wildman–Crippen MR) is 90.2 cm³/mol. The Morgan fingerprint density at radius 2 is 2.12 bits per heavy atom. The van der Waals surface area contributed by atoms with E-state index in [0.29, 0.717) is 19.5 Å². The van der Waals surface area contributed by atoms with Gasteiger partial charge in [0.15, 0.2) is 0 Å². The van der Waals surface area contributed by atoms with Crippen LogP contribution in [0.5, 0.6) is 0 Å². The van der Waals surface area contributed by atoms with Gasteiger partial charge in [-0.1, -0.05) is 6.92 Å². The van der Waals surface area contributed by atoms with E-state index in [2.05, 4.69) is 0 Å². The molecule has 0 saturated carbocycles. The maximum atomic E-state index is 12.8. The number of hydrogen-bond donors (Lipinski definition) is 0. The van der Waals surface area contributed by atoms with E-state index < -0.39 is 0 Å². The molecule has 0 aliphatic carbocycles. The molecule has 134 valence electrons. The van der Waals surface area contributed by atoms with Crippen LogP contribution in [0.3, 0.4) is 0 Å². The summed E-state index contributed by atoms with van der Waals surface area (Å²) in [5.74, 6) is 0.657. The maximum Gasteiger partial charge on any atom is 0.242 e. The van der Waals surface area contributed by atoms with Gasteiger partial charge in [-0.25, -0.2) is 0 Å². The summed E-state index contributed by atoms with van der Waals surface area (Å²) >= 11 is 0. The van der Waals surface area contributed by atoms with Crippen LogP contribution in [0.25, 0.3) is 0 Å². The van der Waals surface area contributed by atoms with Crippen molar-refractivity contribution in [2.24, 2.45) is 0 Å². The minimum Gasteiger partial charge on any atom is -0.467 e. The highest BCUT2D eigenvalue weighted by Crippen LogP contribution is 2.16. The second-order valence-corrected chi connectivity index (χ2v) is 6.46. The van der Waals surface area contributed by atoms with Gasteiger partial charge in [-0.2, -0.15) is 0 Å². The molecule has 2 rings (SSSR count). The highest BCUT2D eigenvalue weighted by molar-refractivity contribution is 5.85. The fourth-order valence-electron chi connectivity index (χ4n) is 2.89. The summed E-state index contributed by atoms with van der Waals surface area (Å²) < 4.78 is 11.1. The van der Waals surface area contributed by atoms with E-state index in [1.165, 1.54) is 0 Å². The fourth-order valence-corrected chi connectivity index (χ4v) is 2.89. The Morgan fingerprint density at radius 1 is 1.33 bits per heavy atom. The molecule has 24 heavy (non-hydrogen) atoms. The van der Waals surface area contributed by atoms with Gasteiger partial charge in [0.2, 0.25) is 11.8 Å². The summed E-state index contributed by atoms with van der Waals surface area (Å²) in [6.07, 6.45) is 4.06. The number of hydrogen-bond acceptors (Lipinski definition) is 4. The summed E-state index contributed by atoms with van der Waals surface area (Å²) in [7, 11) is 0. The first-order valence-electron chi connectivity index (χ1n) is 8.72. The molecule has 1 atom stereocenters. The monoisotopic (exact) mass is 336 g/mol. The molecule has 6 nitrogen and oxygen atoms in total. The Morgan fingerprint density at radius 3 is 2.67 bits per heavy atom. The van der Waals surface area contributed by atoms with Crippen LogP contribution in [0.1, 0.15) is 45.8 Å². The first-order chi connectivity index (χ1) is 11.5. The van der Waals surface area contributed by atoms with E-state index in [0.717, 1.165) is 25.2 Å². The van der Waals surface area contributed by atoms with Crippen LogP contribution >= 0.6 is 0 Å². The lowest BCUT2D eigenvalue weighted by atomic mass is 10.2. The number of nitrogens with zero attached hydrogens (tertiary/aromatic N) is 2. The number of amides is 2. The van der Waals surface area contributed by atoms with Crippen molar-refractivity contribution in [2.75, 3.05) is 19.7 Å². The molecule has 2 amide bonds. The average Bonchev–Trinajstić information content (AvgIpc) is 3.24.